The average Bonchev–Trinajstić information content (AvgIpc) is 2.92. The van der Waals surface area contributed by atoms with E-state index in [1.807, 2.05) is 28.8 Å². The molecular formula is C15H13N5. The molecule has 98 valence electrons. The fraction of sp³-hybridized carbons (Fsp3) is 0.133. The first-order valence-corrected chi connectivity index (χ1v) is 6.20. The van der Waals surface area contributed by atoms with Crippen LogP contribution in [0, 0.1) is 12.3 Å². The normalized spacial score (nSPS) is 12.2. The maximum Gasteiger partial charge on any atom is 0.165 e. The minimum Gasteiger partial charge on any atom is -0.382 e. The molecule has 20 heavy (non-hydrogen) atoms. The summed E-state index contributed by atoms with van der Waals surface area (Å²) in [6, 6.07) is 7.95. The van der Waals surface area contributed by atoms with Crippen LogP contribution in [-0.2, 0) is 0 Å². The molecule has 0 spiro atoms. The number of aromatic nitrogens is 4. The van der Waals surface area contributed by atoms with E-state index in [0.717, 1.165) is 16.8 Å². The first kappa shape index (κ1) is 12.2. The van der Waals surface area contributed by atoms with E-state index in [2.05, 4.69) is 27.8 Å². The van der Waals surface area contributed by atoms with E-state index in [0.29, 0.717) is 11.3 Å². The van der Waals surface area contributed by atoms with Gasteiger partial charge in [0.25, 0.3) is 0 Å². The zero-order valence-electron chi connectivity index (χ0n) is 11.0. The first-order chi connectivity index (χ1) is 9.70. The molecule has 0 radical (unpaired) electrons. The van der Waals surface area contributed by atoms with Crippen LogP contribution >= 0.6 is 0 Å². The van der Waals surface area contributed by atoms with Crippen molar-refractivity contribution in [2.75, 3.05) is 5.73 Å². The fourth-order valence-corrected chi connectivity index (χ4v) is 2.17. The van der Waals surface area contributed by atoms with Gasteiger partial charge in [-0.3, -0.25) is 0 Å². The Morgan fingerprint density at radius 1 is 1.20 bits per heavy atom. The quantitative estimate of drug-likeness (QED) is 0.718. The molecule has 0 aliphatic heterocycles. The summed E-state index contributed by atoms with van der Waals surface area (Å²) in [7, 11) is 0. The summed E-state index contributed by atoms with van der Waals surface area (Å²) in [6.07, 6.45) is 8.55. The third kappa shape index (κ3) is 1.88. The van der Waals surface area contributed by atoms with E-state index in [-0.39, 0.29) is 6.04 Å². The second-order valence-electron chi connectivity index (χ2n) is 4.53. The number of hydrogen-bond donors (Lipinski definition) is 1. The molecule has 5 heteroatoms. The zero-order chi connectivity index (χ0) is 14.1. The van der Waals surface area contributed by atoms with E-state index < -0.39 is 0 Å². The molecule has 0 saturated heterocycles. The lowest BCUT2D eigenvalue weighted by Crippen LogP contribution is -2.06. The van der Waals surface area contributed by atoms with Crippen LogP contribution in [-0.4, -0.2) is 19.5 Å². The number of terminal acetylenes is 1. The number of rotatable bonds is 2. The summed E-state index contributed by atoms with van der Waals surface area (Å²) in [4.78, 5) is 12.5. The van der Waals surface area contributed by atoms with Gasteiger partial charge in [-0.1, -0.05) is 18.1 Å². The minimum atomic E-state index is 0.0844. The van der Waals surface area contributed by atoms with Gasteiger partial charge in [0, 0.05) is 5.56 Å². The van der Waals surface area contributed by atoms with Crippen LogP contribution in [0.3, 0.4) is 0 Å². The summed E-state index contributed by atoms with van der Waals surface area (Å²) in [6.45, 7) is 2.07. The first-order valence-electron chi connectivity index (χ1n) is 6.20. The van der Waals surface area contributed by atoms with Crippen LogP contribution < -0.4 is 5.73 Å². The van der Waals surface area contributed by atoms with Gasteiger partial charge in [0.2, 0.25) is 0 Å². The van der Waals surface area contributed by atoms with E-state index >= 15 is 0 Å². The number of benzene rings is 1. The molecule has 0 bridgehead atoms. The Morgan fingerprint density at radius 2 is 1.95 bits per heavy atom. The number of imidazole rings is 1. The van der Waals surface area contributed by atoms with Crippen molar-refractivity contribution in [3.05, 3.63) is 48.0 Å². The highest BCUT2D eigenvalue weighted by atomic mass is 15.1. The summed E-state index contributed by atoms with van der Waals surface area (Å²) in [5, 5.41) is 0. The number of hydrogen-bond acceptors (Lipinski definition) is 4. The Labute approximate surface area is 116 Å². The van der Waals surface area contributed by atoms with E-state index in [4.69, 9.17) is 12.2 Å². The molecule has 0 aliphatic rings. The van der Waals surface area contributed by atoms with Gasteiger partial charge in [0.1, 0.15) is 11.8 Å². The van der Waals surface area contributed by atoms with Crippen molar-refractivity contribution < 1.29 is 0 Å². The molecule has 2 heterocycles. The molecule has 3 rings (SSSR count). The third-order valence-electron chi connectivity index (χ3n) is 3.36. The van der Waals surface area contributed by atoms with Gasteiger partial charge < -0.3 is 10.3 Å². The maximum atomic E-state index is 5.80. The van der Waals surface area contributed by atoms with Crippen LogP contribution in [0.25, 0.3) is 11.2 Å². The second-order valence-corrected chi connectivity index (χ2v) is 4.53. The van der Waals surface area contributed by atoms with Crippen LogP contribution in [0.15, 0.2) is 36.9 Å². The van der Waals surface area contributed by atoms with Crippen molar-refractivity contribution in [1.29, 1.82) is 0 Å². The molecule has 0 amide bonds. The van der Waals surface area contributed by atoms with Gasteiger partial charge in [-0.2, -0.15) is 0 Å². The molecule has 3 aromatic rings. The van der Waals surface area contributed by atoms with Gasteiger partial charge in [-0.15, -0.1) is 6.42 Å². The largest absolute Gasteiger partial charge is 0.382 e. The van der Waals surface area contributed by atoms with Crippen LogP contribution in [0.1, 0.15) is 24.1 Å². The molecule has 2 aromatic heterocycles. The third-order valence-corrected chi connectivity index (χ3v) is 3.36. The van der Waals surface area contributed by atoms with E-state index in [1.165, 1.54) is 6.33 Å². The Morgan fingerprint density at radius 3 is 2.65 bits per heavy atom. The zero-order valence-corrected chi connectivity index (χ0v) is 11.0. The molecule has 2 N–H and O–H groups in total. The molecule has 0 aliphatic carbocycles. The SMILES string of the molecule is C#Cc1ccc(C(C)n2cnc3c(N)ncnc32)cc1. The van der Waals surface area contributed by atoms with Crippen molar-refractivity contribution in [3.8, 4) is 12.3 Å². The number of fused-ring (bicyclic) bond motifs is 1. The number of anilines is 1. The molecule has 1 aromatic carbocycles. The van der Waals surface area contributed by atoms with Gasteiger partial charge in [0.15, 0.2) is 11.5 Å². The smallest absolute Gasteiger partial charge is 0.165 e. The van der Waals surface area contributed by atoms with Gasteiger partial charge in [-0.05, 0) is 24.6 Å². The second kappa shape index (κ2) is 4.67. The number of nitrogens with zero attached hydrogens (tertiary/aromatic N) is 4. The Bertz CT molecular complexity index is 795. The average molecular weight is 263 g/mol. The highest BCUT2D eigenvalue weighted by Gasteiger charge is 2.14. The molecular weight excluding hydrogens is 250 g/mol. The molecule has 1 atom stereocenters. The fourth-order valence-electron chi connectivity index (χ4n) is 2.17. The lowest BCUT2D eigenvalue weighted by Gasteiger charge is -2.14. The predicted molar refractivity (Wildman–Crippen MR) is 77.9 cm³/mol. The molecule has 1 unspecified atom stereocenters. The van der Waals surface area contributed by atoms with Gasteiger partial charge in [-0.25, -0.2) is 15.0 Å². The highest BCUT2D eigenvalue weighted by molar-refractivity contribution is 5.81. The number of nitrogens with two attached hydrogens (primary N) is 1. The van der Waals surface area contributed by atoms with Gasteiger partial charge >= 0.3 is 0 Å². The maximum absolute atomic E-state index is 5.80. The van der Waals surface area contributed by atoms with Crippen LogP contribution in [0.5, 0.6) is 0 Å². The topological polar surface area (TPSA) is 69.6 Å². The van der Waals surface area contributed by atoms with Crippen molar-refractivity contribution >= 4 is 17.0 Å². The lowest BCUT2D eigenvalue weighted by atomic mass is 10.1. The Kier molecular flexibility index (Phi) is 2.84. The molecule has 0 saturated carbocycles. The lowest BCUT2D eigenvalue weighted by molar-refractivity contribution is 0.652. The number of nitrogen functional groups attached to an aromatic ring is 1. The predicted octanol–water partition coefficient (Wildman–Crippen LogP) is 2.00. The highest BCUT2D eigenvalue weighted by Crippen LogP contribution is 2.23. The van der Waals surface area contributed by atoms with Crippen molar-refractivity contribution in [2.45, 2.75) is 13.0 Å². The van der Waals surface area contributed by atoms with Crippen molar-refractivity contribution in [2.24, 2.45) is 0 Å². The Hall–Kier alpha value is -2.87. The van der Waals surface area contributed by atoms with Crippen molar-refractivity contribution in [3.63, 3.8) is 0 Å². The Balaban J connectivity index is 2.06. The standard InChI is InChI=1S/C15H13N5/c1-3-11-4-6-12(7-5-11)10(2)20-9-19-13-14(16)17-8-18-15(13)20/h1,4-10H,2H3,(H2,16,17,18). The van der Waals surface area contributed by atoms with Crippen molar-refractivity contribution in [1.82, 2.24) is 19.5 Å². The summed E-state index contributed by atoms with van der Waals surface area (Å²) in [5.74, 6) is 3.00. The molecule has 0 fully saturated rings. The summed E-state index contributed by atoms with van der Waals surface area (Å²) < 4.78 is 1.97. The van der Waals surface area contributed by atoms with E-state index in [9.17, 15) is 0 Å². The summed E-state index contributed by atoms with van der Waals surface area (Å²) >= 11 is 0. The van der Waals surface area contributed by atoms with Gasteiger partial charge in [0.05, 0.1) is 12.4 Å². The molecule has 5 nitrogen and oxygen atoms in total. The summed E-state index contributed by atoms with van der Waals surface area (Å²) in [5.41, 5.74) is 9.14. The van der Waals surface area contributed by atoms with E-state index in [1.54, 1.807) is 6.33 Å². The van der Waals surface area contributed by atoms with Crippen LogP contribution in [0.2, 0.25) is 0 Å². The minimum absolute atomic E-state index is 0.0844. The monoisotopic (exact) mass is 263 g/mol. The van der Waals surface area contributed by atoms with Crippen LogP contribution in [0.4, 0.5) is 5.82 Å².